The fourth-order valence-corrected chi connectivity index (χ4v) is 2.85. The summed E-state index contributed by atoms with van der Waals surface area (Å²) in [5, 5.41) is 11.6. The van der Waals surface area contributed by atoms with Gasteiger partial charge in [0, 0.05) is 19.9 Å². The Labute approximate surface area is 137 Å². The first-order valence-corrected chi connectivity index (χ1v) is 7.48. The van der Waals surface area contributed by atoms with Crippen molar-refractivity contribution in [1.29, 1.82) is 0 Å². The zero-order chi connectivity index (χ0) is 18.1. The average molecular weight is 344 g/mol. The van der Waals surface area contributed by atoms with E-state index in [0.717, 1.165) is 4.90 Å². The van der Waals surface area contributed by atoms with Crippen LogP contribution >= 0.6 is 0 Å². The van der Waals surface area contributed by atoms with E-state index in [0.29, 0.717) is 5.56 Å². The largest absolute Gasteiger partial charge is 0.412 e. The molecule has 0 aliphatic carbocycles. The van der Waals surface area contributed by atoms with Crippen LogP contribution in [-0.4, -0.2) is 46.7 Å². The zero-order valence-electron chi connectivity index (χ0n) is 13.3. The van der Waals surface area contributed by atoms with Crippen LogP contribution in [0.3, 0.4) is 0 Å². The molecule has 1 aliphatic rings. The predicted octanol–water partition coefficient (Wildman–Crippen LogP) is 1.70. The topological polar surface area (TPSA) is 69.6 Å². The number of nitrogens with one attached hydrogen (secondary N) is 1. The Morgan fingerprint density at radius 1 is 1.38 bits per heavy atom. The van der Waals surface area contributed by atoms with Crippen LogP contribution in [0.1, 0.15) is 30.5 Å². The first kappa shape index (κ1) is 18.3. The second kappa shape index (κ2) is 6.80. The van der Waals surface area contributed by atoms with Gasteiger partial charge in [0.15, 0.2) is 6.04 Å². The molecular weight excluding hydrogens is 325 g/mol. The number of carbonyl (C=O) groups excluding carboxylic acids is 2. The number of hydrogen-bond acceptors (Lipinski definition) is 3. The van der Waals surface area contributed by atoms with Crippen molar-refractivity contribution in [2.75, 3.05) is 6.54 Å². The summed E-state index contributed by atoms with van der Waals surface area (Å²) in [4.78, 5) is 24.9. The average Bonchev–Trinajstić information content (AvgIpc) is 2.85. The fraction of sp³-hybridized carbons (Fsp3) is 0.500. The zero-order valence-corrected chi connectivity index (χ0v) is 13.3. The lowest BCUT2D eigenvalue weighted by Gasteiger charge is -2.27. The van der Waals surface area contributed by atoms with Gasteiger partial charge in [0.2, 0.25) is 11.8 Å². The molecule has 24 heavy (non-hydrogen) atoms. The number of aliphatic hydroxyl groups excluding tert-OH is 1. The number of nitrogens with zero attached hydrogens (tertiary/aromatic N) is 1. The van der Waals surface area contributed by atoms with Crippen LogP contribution in [0.15, 0.2) is 24.3 Å². The molecule has 132 valence electrons. The summed E-state index contributed by atoms with van der Waals surface area (Å²) in [6, 6.07) is 2.51. The number of carbonyl (C=O) groups is 2. The minimum Gasteiger partial charge on any atom is -0.391 e. The minimum absolute atomic E-state index is 0.0610. The molecule has 0 aromatic heterocycles. The van der Waals surface area contributed by atoms with E-state index in [2.05, 4.69) is 0 Å². The smallest absolute Gasteiger partial charge is 0.391 e. The van der Waals surface area contributed by atoms with E-state index >= 15 is 0 Å². The lowest BCUT2D eigenvalue weighted by Crippen LogP contribution is -2.48. The van der Waals surface area contributed by atoms with E-state index in [1.54, 1.807) is 13.0 Å². The molecule has 0 saturated carbocycles. The van der Waals surface area contributed by atoms with Gasteiger partial charge in [-0.25, -0.2) is 0 Å². The van der Waals surface area contributed by atoms with Crippen LogP contribution in [0.2, 0.25) is 0 Å². The van der Waals surface area contributed by atoms with E-state index in [1.807, 2.05) is 5.32 Å². The fourth-order valence-electron chi connectivity index (χ4n) is 2.85. The first-order chi connectivity index (χ1) is 11.1. The number of benzene rings is 1. The van der Waals surface area contributed by atoms with E-state index < -0.39 is 36.2 Å². The monoisotopic (exact) mass is 344 g/mol. The second-order valence-corrected chi connectivity index (χ2v) is 5.97. The van der Waals surface area contributed by atoms with Crippen LogP contribution < -0.4 is 5.32 Å². The highest BCUT2D eigenvalue weighted by molar-refractivity contribution is 5.88. The van der Waals surface area contributed by atoms with Crippen LogP contribution in [-0.2, 0) is 9.59 Å². The minimum atomic E-state index is -4.68. The quantitative estimate of drug-likeness (QED) is 0.877. The molecule has 0 bridgehead atoms. The number of aliphatic hydroxyl groups is 1. The lowest BCUT2D eigenvalue weighted by atomic mass is 10.0. The lowest BCUT2D eigenvalue weighted by molar-refractivity contribution is -0.165. The molecule has 1 aliphatic heterocycles. The third-order valence-corrected chi connectivity index (χ3v) is 3.98. The summed E-state index contributed by atoms with van der Waals surface area (Å²) >= 11 is 0. The highest BCUT2D eigenvalue weighted by Crippen LogP contribution is 2.33. The Bertz CT molecular complexity index is 633. The standard InChI is InChI=1S/C16H19F3N2O3/c1-9-4-3-5-11(6-9)14(16(17,18)19)20-15(24)13-7-12(23)8-21(13)10(2)22/h3-6,12-14,23H,7-8H2,1-2H3,(H,20,24)/t12-,13-,14?/m1/s1. The Hall–Kier alpha value is -2.09. The van der Waals surface area contributed by atoms with Gasteiger partial charge in [-0.3, -0.25) is 9.59 Å². The maximum absolute atomic E-state index is 13.4. The van der Waals surface area contributed by atoms with Gasteiger partial charge >= 0.3 is 6.18 Å². The van der Waals surface area contributed by atoms with Gasteiger partial charge in [0.25, 0.3) is 0 Å². The molecule has 5 nitrogen and oxygen atoms in total. The van der Waals surface area contributed by atoms with E-state index in [9.17, 15) is 27.9 Å². The van der Waals surface area contributed by atoms with Crippen LogP contribution in [0, 0.1) is 6.92 Å². The van der Waals surface area contributed by atoms with Crippen molar-refractivity contribution in [3.05, 3.63) is 35.4 Å². The van der Waals surface area contributed by atoms with E-state index in [1.165, 1.54) is 25.1 Å². The molecule has 1 unspecified atom stereocenters. The molecule has 0 spiro atoms. The van der Waals surface area contributed by atoms with Gasteiger partial charge in [-0.15, -0.1) is 0 Å². The number of amides is 2. The molecule has 2 amide bonds. The maximum atomic E-state index is 13.4. The van der Waals surface area contributed by atoms with Crippen LogP contribution in [0.25, 0.3) is 0 Å². The van der Waals surface area contributed by atoms with Crippen molar-refractivity contribution < 1.29 is 27.9 Å². The number of likely N-dealkylation sites (tertiary alicyclic amines) is 1. The van der Waals surface area contributed by atoms with Crippen molar-refractivity contribution in [3.8, 4) is 0 Å². The number of hydrogen-bond donors (Lipinski definition) is 2. The highest BCUT2D eigenvalue weighted by Gasteiger charge is 2.45. The Morgan fingerprint density at radius 2 is 2.04 bits per heavy atom. The first-order valence-electron chi connectivity index (χ1n) is 7.48. The van der Waals surface area contributed by atoms with Crippen molar-refractivity contribution in [2.24, 2.45) is 0 Å². The third-order valence-electron chi connectivity index (χ3n) is 3.98. The number of alkyl halides is 3. The van der Waals surface area contributed by atoms with Crippen molar-refractivity contribution in [3.63, 3.8) is 0 Å². The van der Waals surface area contributed by atoms with Crippen LogP contribution in [0.5, 0.6) is 0 Å². The molecular formula is C16H19F3N2O3. The summed E-state index contributed by atoms with van der Waals surface area (Å²) in [7, 11) is 0. The number of aryl methyl sites for hydroxylation is 1. The van der Waals surface area contributed by atoms with Gasteiger partial charge in [0.05, 0.1) is 6.10 Å². The third kappa shape index (κ3) is 4.05. The molecule has 1 aromatic rings. The molecule has 2 rings (SSSR count). The van der Waals surface area contributed by atoms with E-state index in [4.69, 9.17) is 0 Å². The van der Waals surface area contributed by atoms with Crippen molar-refractivity contribution in [1.82, 2.24) is 10.2 Å². The molecule has 1 heterocycles. The summed E-state index contributed by atoms with van der Waals surface area (Å²) in [5.41, 5.74) is 0.557. The molecule has 3 atom stereocenters. The molecule has 1 fully saturated rings. The summed E-state index contributed by atoms with van der Waals surface area (Å²) in [5.74, 6) is -1.39. The Morgan fingerprint density at radius 3 is 2.58 bits per heavy atom. The van der Waals surface area contributed by atoms with Gasteiger partial charge in [-0.1, -0.05) is 29.8 Å². The van der Waals surface area contributed by atoms with Gasteiger partial charge in [0.1, 0.15) is 6.04 Å². The van der Waals surface area contributed by atoms with Crippen molar-refractivity contribution >= 4 is 11.8 Å². The number of β-amino-alcohol motifs (C(OH)–C–C–N with tert-alkyl or cyclic N) is 1. The molecule has 0 radical (unpaired) electrons. The Balaban J connectivity index is 2.24. The summed E-state index contributed by atoms with van der Waals surface area (Å²) < 4.78 is 40.1. The van der Waals surface area contributed by atoms with E-state index in [-0.39, 0.29) is 18.5 Å². The van der Waals surface area contributed by atoms with Gasteiger partial charge < -0.3 is 15.3 Å². The normalized spacial score (nSPS) is 22.3. The number of halogens is 3. The number of rotatable bonds is 3. The summed E-state index contributed by atoms with van der Waals surface area (Å²) in [6.45, 7) is 2.80. The highest BCUT2D eigenvalue weighted by atomic mass is 19.4. The van der Waals surface area contributed by atoms with Gasteiger partial charge in [-0.05, 0) is 12.5 Å². The molecule has 1 saturated heterocycles. The molecule has 2 N–H and O–H groups in total. The molecule has 8 heteroatoms. The van der Waals surface area contributed by atoms with Crippen LogP contribution in [0.4, 0.5) is 13.2 Å². The summed E-state index contributed by atoms with van der Waals surface area (Å²) in [6.07, 6.45) is -5.68. The second-order valence-electron chi connectivity index (χ2n) is 5.97. The van der Waals surface area contributed by atoms with Gasteiger partial charge in [-0.2, -0.15) is 13.2 Å². The SMILES string of the molecule is CC(=O)N1C[C@H](O)C[C@@H]1C(=O)NC(c1cccc(C)c1)C(F)(F)F. The predicted molar refractivity (Wildman–Crippen MR) is 79.9 cm³/mol. The Kier molecular flexibility index (Phi) is 5.17. The molecule has 1 aromatic carbocycles. The van der Waals surface area contributed by atoms with Crippen molar-refractivity contribution in [2.45, 2.75) is 44.6 Å². The maximum Gasteiger partial charge on any atom is 0.412 e.